The molecule has 0 aliphatic rings. The largest absolute Gasteiger partial charge is 0.754 e. The summed E-state index contributed by atoms with van der Waals surface area (Å²) in [5.41, 5.74) is 0.407. The lowest BCUT2D eigenvalue weighted by Gasteiger charge is -2.12. The van der Waals surface area contributed by atoms with Crippen LogP contribution in [0.3, 0.4) is 0 Å². The molecule has 0 spiro atoms. The molecule has 11 heteroatoms. The van der Waals surface area contributed by atoms with Gasteiger partial charge in [0, 0.05) is 19.5 Å². The van der Waals surface area contributed by atoms with E-state index in [9.17, 15) is 20.2 Å². The molecular weight excluding hydrogens is 338 g/mol. The van der Waals surface area contributed by atoms with Gasteiger partial charge >= 0.3 is 11.5 Å². The summed E-state index contributed by atoms with van der Waals surface area (Å²) in [6, 6.07) is 4.52. The summed E-state index contributed by atoms with van der Waals surface area (Å²) in [6.45, 7) is 3.78. The highest BCUT2D eigenvalue weighted by Crippen LogP contribution is 2.29. The highest BCUT2D eigenvalue weighted by Gasteiger charge is 2.19. The van der Waals surface area contributed by atoms with E-state index in [2.05, 4.69) is 4.98 Å². The van der Waals surface area contributed by atoms with E-state index in [1.165, 1.54) is 16.7 Å². The zero-order valence-electron chi connectivity index (χ0n) is 13.4. The highest BCUT2D eigenvalue weighted by atomic mass is 32.1. The summed E-state index contributed by atoms with van der Waals surface area (Å²) in [5.74, 6) is 0.157. The molecule has 1 heterocycles. The zero-order valence-corrected chi connectivity index (χ0v) is 14.2. The van der Waals surface area contributed by atoms with Crippen molar-refractivity contribution in [1.29, 1.82) is 0 Å². The minimum atomic E-state index is -0.646. The van der Waals surface area contributed by atoms with E-state index in [-0.39, 0.29) is 29.2 Å². The maximum Gasteiger partial charge on any atom is 0.362 e. The van der Waals surface area contributed by atoms with Gasteiger partial charge in [0.25, 0.3) is 0 Å². The number of imidazole rings is 1. The third kappa shape index (κ3) is 3.75. The van der Waals surface area contributed by atoms with Crippen molar-refractivity contribution in [1.82, 2.24) is 15.7 Å². The maximum atomic E-state index is 11.1. The van der Waals surface area contributed by atoms with Crippen molar-refractivity contribution in [3.05, 3.63) is 49.8 Å². The monoisotopic (exact) mass is 355 g/mol. The number of nitrogens with zero attached hydrogens (tertiary/aromatic N) is 4. The minimum Gasteiger partial charge on any atom is -0.754 e. The molecule has 24 heavy (non-hydrogen) atoms. The van der Waals surface area contributed by atoms with E-state index in [1.807, 2.05) is 0 Å². The normalized spacial score (nSPS) is 10.1. The lowest BCUT2D eigenvalue weighted by atomic mass is 10.2. The lowest BCUT2D eigenvalue weighted by molar-refractivity contribution is -0.392. The molecule has 1 aromatic carbocycles. The van der Waals surface area contributed by atoms with Crippen LogP contribution < -0.4 is 10.9 Å². The number of aromatic nitrogens is 2. The van der Waals surface area contributed by atoms with Gasteiger partial charge < -0.3 is 38.2 Å². The Hall–Kier alpha value is -2.79. The minimum absolute atomic E-state index is 0. The molecule has 1 aromatic heterocycles. The Kier molecular flexibility index (Phi) is 6.14. The number of rotatable bonds is 6. The number of hydrogen-bond donors (Lipinski definition) is 1. The molecule has 0 aliphatic heterocycles. The summed E-state index contributed by atoms with van der Waals surface area (Å²) in [7, 11) is 0. The van der Waals surface area contributed by atoms with Crippen molar-refractivity contribution in [2.45, 2.75) is 25.4 Å². The van der Waals surface area contributed by atoms with Crippen LogP contribution >= 0.6 is 0 Å². The molecular formula is C13H17N5O5S. The molecule has 4 N–H and O–H groups in total. The molecule has 0 saturated heterocycles. The Balaban J connectivity index is 0.00000288. The molecule has 0 radical (unpaired) electrons. The van der Waals surface area contributed by atoms with Gasteiger partial charge in [-0.1, -0.05) is 6.07 Å². The Bertz CT molecular complexity index is 776. The van der Waals surface area contributed by atoms with E-state index < -0.39 is 15.7 Å². The van der Waals surface area contributed by atoms with Crippen LogP contribution in [0.25, 0.3) is 0 Å². The smallest absolute Gasteiger partial charge is 0.362 e. The fourth-order valence-corrected chi connectivity index (χ4v) is 2.42. The van der Waals surface area contributed by atoms with E-state index in [1.54, 1.807) is 19.9 Å². The van der Waals surface area contributed by atoms with Gasteiger partial charge in [-0.15, -0.1) is 0 Å². The second kappa shape index (κ2) is 7.66. The molecule has 0 amide bonds. The number of quaternary nitrogens is 1. The van der Waals surface area contributed by atoms with Gasteiger partial charge in [-0.25, -0.2) is 0 Å². The van der Waals surface area contributed by atoms with Crippen LogP contribution in [0.4, 0.5) is 11.5 Å². The molecule has 2 rings (SSSR count). The predicted octanol–water partition coefficient (Wildman–Crippen LogP) is 2.74. The highest BCUT2D eigenvalue weighted by molar-refractivity contribution is 7.58. The van der Waals surface area contributed by atoms with E-state index in [0.29, 0.717) is 18.0 Å². The first kappa shape index (κ1) is 19.3. The fourth-order valence-electron chi connectivity index (χ4n) is 2.10. The van der Waals surface area contributed by atoms with Crippen LogP contribution in [0.1, 0.15) is 18.3 Å². The second-order valence-corrected chi connectivity index (χ2v) is 5.01. The summed E-state index contributed by atoms with van der Waals surface area (Å²) in [5, 5.41) is 22.0. The average molecular weight is 355 g/mol. The Morgan fingerprint density at radius 1 is 1.29 bits per heavy atom. The van der Waals surface area contributed by atoms with Crippen molar-refractivity contribution in [2.24, 2.45) is 0 Å². The number of ether oxygens (including phenoxy) is 1. The molecule has 0 atom stereocenters. The number of nitro benzene ring substituents is 1. The predicted molar refractivity (Wildman–Crippen MR) is 88.6 cm³/mol. The van der Waals surface area contributed by atoms with Crippen molar-refractivity contribution in [2.75, 3.05) is 6.61 Å². The number of nitro groups is 2. The third-order valence-corrected chi connectivity index (χ3v) is 3.53. The van der Waals surface area contributed by atoms with Crippen LogP contribution in [-0.4, -0.2) is 26.0 Å². The molecule has 2 aromatic rings. The fraction of sp³-hybridized carbons (Fsp3) is 0.308. The van der Waals surface area contributed by atoms with Gasteiger partial charge in [0.15, 0.2) is 5.75 Å². The number of aryl methyl sites for hydroxylation is 1. The molecule has 130 valence electrons. The van der Waals surface area contributed by atoms with Gasteiger partial charge in [-0.2, -0.15) is 0 Å². The molecule has 0 saturated carbocycles. The van der Waals surface area contributed by atoms with E-state index in [0.717, 1.165) is 0 Å². The second-order valence-electron chi connectivity index (χ2n) is 4.62. The van der Waals surface area contributed by atoms with Gasteiger partial charge in [0.1, 0.15) is 0 Å². The van der Waals surface area contributed by atoms with Gasteiger partial charge in [-0.05, 0) is 33.5 Å². The average Bonchev–Trinajstić information content (AvgIpc) is 2.77. The van der Waals surface area contributed by atoms with Crippen molar-refractivity contribution >= 4 is 24.1 Å². The standard InChI is InChI=1S/C13H14N4O5S.H3N/c1-3-22-11-5-4-9(6-10(11)16(18)19)7-15-8(2)14-12(13(15)23)17(20)21;/h4-6,23H,3,7H2,1-2H3;1H3. The number of benzene rings is 1. The molecule has 0 aliphatic carbocycles. The van der Waals surface area contributed by atoms with Crippen LogP contribution in [0.5, 0.6) is 5.75 Å². The quantitative estimate of drug-likeness (QED) is 0.475. The van der Waals surface area contributed by atoms with Crippen molar-refractivity contribution in [3.8, 4) is 5.75 Å². The molecule has 0 unspecified atom stereocenters. The Morgan fingerprint density at radius 2 is 1.96 bits per heavy atom. The first-order valence-corrected chi connectivity index (χ1v) is 7.04. The number of hydrogen-bond acceptors (Lipinski definition) is 7. The molecule has 10 nitrogen and oxygen atoms in total. The van der Waals surface area contributed by atoms with E-state index in [4.69, 9.17) is 17.4 Å². The van der Waals surface area contributed by atoms with E-state index >= 15 is 0 Å². The van der Waals surface area contributed by atoms with Crippen LogP contribution in [0.2, 0.25) is 0 Å². The topological polar surface area (TPSA) is 150 Å². The Morgan fingerprint density at radius 3 is 2.46 bits per heavy atom. The summed E-state index contributed by atoms with van der Waals surface area (Å²) in [4.78, 5) is 24.6. The summed E-state index contributed by atoms with van der Waals surface area (Å²) in [6.07, 6.45) is 0. The third-order valence-electron chi connectivity index (χ3n) is 3.13. The van der Waals surface area contributed by atoms with Gasteiger partial charge in [0.2, 0.25) is 5.82 Å². The van der Waals surface area contributed by atoms with Crippen molar-refractivity contribution < 1.29 is 14.6 Å². The van der Waals surface area contributed by atoms with Crippen LogP contribution in [0, 0.1) is 27.2 Å². The van der Waals surface area contributed by atoms with Gasteiger partial charge in [-0.3, -0.25) is 10.1 Å². The maximum absolute atomic E-state index is 11.1. The van der Waals surface area contributed by atoms with Crippen molar-refractivity contribution in [3.63, 3.8) is 0 Å². The first-order chi connectivity index (χ1) is 10.8. The first-order valence-electron chi connectivity index (χ1n) is 6.63. The summed E-state index contributed by atoms with van der Waals surface area (Å²) < 4.78 is 6.68. The van der Waals surface area contributed by atoms with Crippen LogP contribution in [0.15, 0.2) is 23.2 Å². The SMILES string of the molecule is CCOc1ccc(Cn2c(C)nc([N+](=O)[O-])c2[S-])cc1[N+](=O)[O-].[NH4+]. The van der Waals surface area contributed by atoms with Crippen LogP contribution in [-0.2, 0) is 19.2 Å². The lowest BCUT2D eigenvalue weighted by Crippen LogP contribution is -2.05. The molecule has 0 fully saturated rings. The summed E-state index contributed by atoms with van der Waals surface area (Å²) >= 11 is 5.04. The zero-order chi connectivity index (χ0) is 17.1. The molecule has 0 bridgehead atoms. The Labute approximate surface area is 142 Å². The van der Waals surface area contributed by atoms with Gasteiger partial charge in [0.05, 0.1) is 11.5 Å².